The minimum atomic E-state index is 0.566. The van der Waals surface area contributed by atoms with Gasteiger partial charge in [-0.3, -0.25) is 0 Å². The molecule has 1 aromatic heterocycles. The van der Waals surface area contributed by atoms with Crippen LogP contribution in [-0.4, -0.2) is 6.04 Å². The first-order valence-electron chi connectivity index (χ1n) is 13.7. The number of nitrogens with zero attached hydrogens (tertiary/aromatic N) is 1. The maximum Gasteiger partial charge on any atom is 0.0456 e. The highest BCUT2D eigenvalue weighted by Gasteiger charge is 2.42. The molecule has 4 aromatic carbocycles. The van der Waals surface area contributed by atoms with Gasteiger partial charge in [0.05, 0.1) is 0 Å². The van der Waals surface area contributed by atoms with Crippen LogP contribution in [0.4, 0.5) is 11.4 Å². The molecule has 0 spiro atoms. The van der Waals surface area contributed by atoms with Crippen molar-refractivity contribution >= 4 is 34.4 Å². The van der Waals surface area contributed by atoms with Crippen molar-refractivity contribution < 1.29 is 0 Å². The molecular formula is C36H31NS. The third kappa shape index (κ3) is 4.19. The minimum absolute atomic E-state index is 0.566. The molecule has 1 nitrogen and oxygen atoms in total. The van der Waals surface area contributed by atoms with Gasteiger partial charge >= 0.3 is 0 Å². The molecular weight excluding hydrogens is 478 g/mol. The molecule has 1 saturated carbocycles. The van der Waals surface area contributed by atoms with Gasteiger partial charge in [-0.05, 0) is 89.6 Å². The van der Waals surface area contributed by atoms with Crippen LogP contribution in [0.3, 0.4) is 0 Å². The Kier molecular flexibility index (Phi) is 5.98. The minimum Gasteiger partial charge on any atom is -0.337 e. The van der Waals surface area contributed by atoms with Gasteiger partial charge in [-0.1, -0.05) is 91.3 Å². The zero-order chi connectivity index (χ0) is 25.5. The van der Waals surface area contributed by atoms with Gasteiger partial charge < -0.3 is 4.90 Å². The van der Waals surface area contributed by atoms with Crippen molar-refractivity contribution in [3.8, 4) is 10.4 Å². The van der Waals surface area contributed by atoms with E-state index in [-0.39, 0.29) is 0 Å². The van der Waals surface area contributed by atoms with Gasteiger partial charge in [0.15, 0.2) is 0 Å². The standard InChI is InChI=1S/C36H31NS/c1-25-15-22-36(38-25)29-18-21-32-31-13-8-14-34(31)37(35(32)24-29)30-19-16-26(17-20-30)23-33(27-9-4-2-5-10-27)28-11-6-3-7-12-28/h2-7,9-12,15-24,31,34H,8,13-14H2,1H3. The van der Waals surface area contributed by atoms with Crippen LogP contribution in [0.1, 0.15) is 52.3 Å². The Labute approximate surface area is 229 Å². The number of rotatable bonds is 5. The highest BCUT2D eigenvalue weighted by Crippen LogP contribution is 2.53. The number of anilines is 2. The molecule has 0 saturated heterocycles. The van der Waals surface area contributed by atoms with E-state index in [1.54, 1.807) is 0 Å². The predicted octanol–water partition coefficient (Wildman–Crippen LogP) is 10.1. The zero-order valence-electron chi connectivity index (χ0n) is 21.7. The van der Waals surface area contributed by atoms with Crippen LogP contribution >= 0.6 is 11.3 Å². The van der Waals surface area contributed by atoms with Gasteiger partial charge in [0, 0.05) is 33.1 Å². The summed E-state index contributed by atoms with van der Waals surface area (Å²) in [6.07, 6.45) is 6.20. The molecule has 1 aliphatic carbocycles. The molecule has 5 aromatic rings. The molecule has 186 valence electrons. The van der Waals surface area contributed by atoms with Crippen LogP contribution in [-0.2, 0) is 0 Å². The van der Waals surface area contributed by atoms with Crippen LogP contribution in [0, 0.1) is 6.92 Å². The number of fused-ring (bicyclic) bond motifs is 3. The van der Waals surface area contributed by atoms with Gasteiger partial charge in [0.1, 0.15) is 0 Å². The number of hydrogen-bond acceptors (Lipinski definition) is 2. The lowest BCUT2D eigenvalue weighted by Crippen LogP contribution is -2.26. The van der Waals surface area contributed by atoms with E-state index >= 15 is 0 Å². The highest BCUT2D eigenvalue weighted by atomic mass is 32.1. The van der Waals surface area contributed by atoms with E-state index in [2.05, 4.69) is 133 Å². The molecule has 38 heavy (non-hydrogen) atoms. The Morgan fingerprint density at radius 2 is 1.47 bits per heavy atom. The molecule has 2 unspecified atom stereocenters. The SMILES string of the molecule is Cc1ccc(-c2ccc3c(c2)N(c2ccc(C=C(c4ccccc4)c4ccccc4)cc2)C2CCCC32)s1. The average molecular weight is 510 g/mol. The quantitative estimate of drug-likeness (QED) is 0.213. The van der Waals surface area contributed by atoms with E-state index in [0.717, 1.165) is 0 Å². The van der Waals surface area contributed by atoms with E-state index in [9.17, 15) is 0 Å². The summed E-state index contributed by atoms with van der Waals surface area (Å²) >= 11 is 1.88. The van der Waals surface area contributed by atoms with Gasteiger partial charge in [0.25, 0.3) is 0 Å². The van der Waals surface area contributed by atoms with Crippen molar-refractivity contribution in [1.29, 1.82) is 0 Å². The normalized spacial score (nSPS) is 17.8. The Bertz CT molecular complexity index is 1550. The second kappa shape index (κ2) is 9.78. The van der Waals surface area contributed by atoms with Gasteiger partial charge in [-0.15, -0.1) is 11.3 Å². The topological polar surface area (TPSA) is 3.24 Å². The number of hydrogen-bond donors (Lipinski definition) is 0. The molecule has 2 heterocycles. The average Bonchev–Trinajstić information content (AvgIpc) is 3.69. The first kappa shape index (κ1) is 23.3. The largest absolute Gasteiger partial charge is 0.337 e. The molecule has 2 aliphatic rings. The molecule has 0 amide bonds. The molecule has 0 bridgehead atoms. The predicted molar refractivity (Wildman–Crippen MR) is 163 cm³/mol. The molecule has 2 heteroatoms. The Balaban J connectivity index is 1.26. The fraction of sp³-hybridized carbons (Fsp3) is 0.167. The summed E-state index contributed by atoms with van der Waals surface area (Å²) in [6.45, 7) is 2.19. The first-order chi connectivity index (χ1) is 18.7. The molecule has 0 N–H and O–H groups in total. The van der Waals surface area contributed by atoms with E-state index in [1.807, 2.05) is 11.3 Å². The Hall–Kier alpha value is -3.88. The maximum atomic E-state index is 2.64. The third-order valence-electron chi connectivity index (χ3n) is 8.18. The van der Waals surface area contributed by atoms with Crippen molar-refractivity contribution in [2.75, 3.05) is 4.90 Å². The molecule has 2 atom stereocenters. The van der Waals surface area contributed by atoms with Crippen LogP contribution in [0.15, 0.2) is 115 Å². The molecule has 1 fully saturated rings. The second-order valence-electron chi connectivity index (χ2n) is 10.5. The molecule has 1 aliphatic heterocycles. The van der Waals surface area contributed by atoms with E-state index in [4.69, 9.17) is 0 Å². The van der Waals surface area contributed by atoms with E-state index < -0.39 is 0 Å². The fourth-order valence-corrected chi connectivity index (χ4v) is 7.26. The highest BCUT2D eigenvalue weighted by molar-refractivity contribution is 7.15. The van der Waals surface area contributed by atoms with Crippen molar-refractivity contribution in [3.63, 3.8) is 0 Å². The smallest absolute Gasteiger partial charge is 0.0456 e. The van der Waals surface area contributed by atoms with Gasteiger partial charge in [-0.2, -0.15) is 0 Å². The summed E-state index contributed by atoms with van der Waals surface area (Å²) in [6, 6.07) is 42.9. The van der Waals surface area contributed by atoms with E-state index in [1.165, 1.54) is 73.8 Å². The summed E-state index contributed by atoms with van der Waals surface area (Å²) in [5.41, 5.74) is 10.5. The lowest BCUT2D eigenvalue weighted by Gasteiger charge is -2.27. The fourth-order valence-electron chi connectivity index (χ4n) is 6.40. The van der Waals surface area contributed by atoms with Crippen LogP contribution < -0.4 is 4.90 Å². The number of benzene rings is 4. The summed E-state index contributed by atoms with van der Waals surface area (Å²) in [5, 5.41) is 0. The van der Waals surface area contributed by atoms with Gasteiger partial charge in [0.2, 0.25) is 0 Å². The second-order valence-corrected chi connectivity index (χ2v) is 11.8. The van der Waals surface area contributed by atoms with Crippen molar-refractivity contribution in [2.24, 2.45) is 0 Å². The van der Waals surface area contributed by atoms with E-state index in [0.29, 0.717) is 12.0 Å². The lowest BCUT2D eigenvalue weighted by atomic mass is 9.95. The number of thiophene rings is 1. The first-order valence-corrected chi connectivity index (χ1v) is 14.5. The monoisotopic (exact) mass is 509 g/mol. The molecule has 0 radical (unpaired) electrons. The zero-order valence-corrected chi connectivity index (χ0v) is 22.5. The van der Waals surface area contributed by atoms with Crippen LogP contribution in [0.2, 0.25) is 0 Å². The summed E-state index contributed by atoms with van der Waals surface area (Å²) < 4.78 is 0. The maximum absolute atomic E-state index is 2.64. The molecule has 7 rings (SSSR count). The summed E-state index contributed by atoms with van der Waals surface area (Å²) in [7, 11) is 0. The number of aryl methyl sites for hydroxylation is 1. The Morgan fingerprint density at radius 3 is 2.13 bits per heavy atom. The summed E-state index contributed by atoms with van der Waals surface area (Å²) in [4.78, 5) is 5.36. The van der Waals surface area contributed by atoms with Gasteiger partial charge in [-0.25, -0.2) is 0 Å². The lowest BCUT2D eigenvalue weighted by molar-refractivity contribution is 0.642. The van der Waals surface area contributed by atoms with Crippen molar-refractivity contribution in [3.05, 3.63) is 142 Å². The summed E-state index contributed by atoms with van der Waals surface area (Å²) in [5.74, 6) is 0.645. The third-order valence-corrected chi connectivity index (χ3v) is 9.23. The van der Waals surface area contributed by atoms with Crippen molar-refractivity contribution in [1.82, 2.24) is 0 Å². The van der Waals surface area contributed by atoms with Crippen LogP contribution in [0.25, 0.3) is 22.1 Å². The van der Waals surface area contributed by atoms with Crippen LogP contribution in [0.5, 0.6) is 0 Å². The Morgan fingerprint density at radius 1 is 0.763 bits per heavy atom. The van der Waals surface area contributed by atoms with Crippen molar-refractivity contribution in [2.45, 2.75) is 38.1 Å².